The Morgan fingerprint density at radius 1 is 0.941 bits per heavy atom. The summed E-state index contributed by atoms with van der Waals surface area (Å²) >= 11 is 0. The van der Waals surface area contributed by atoms with Crippen LogP contribution in [-0.4, -0.2) is 42.4 Å². The highest BCUT2D eigenvalue weighted by Gasteiger charge is 2.11. The van der Waals surface area contributed by atoms with Gasteiger partial charge >= 0.3 is 9.53 Å². The van der Waals surface area contributed by atoms with Gasteiger partial charge in [0.15, 0.2) is 0 Å². The first-order valence-corrected chi connectivity index (χ1v) is 8.21. The molecule has 1 rings (SSSR count). The molecule has 0 unspecified atom stereocenters. The molecular weight excluding hydrogens is 234 g/mol. The van der Waals surface area contributed by atoms with E-state index in [4.69, 9.17) is 13.3 Å². The van der Waals surface area contributed by atoms with Crippen LogP contribution in [0.1, 0.15) is 46.5 Å². The molecule has 1 fully saturated rings. The number of rotatable bonds is 7. The van der Waals surface area contributed by atoms with Crippen LogP contribution < -0.4 is 5.32 Å². The molecular formula is C12H29NO3Si. The molecule has 0 aromatic heterocycles. The second kappa shape index (κ2) is 12.5. The van der Waals surface area contributed by atoms with Crippen LogP contribution >= 0.6 is 0 Å². The van der Waals surface area contributed by atoms with E-state index in [1.165, 1.54) is 25.7 Å². The van der Waals surface area contributed by atoms with Crippen molar-refractivity contribution >= 4 is 9.53 Å². The van der Waals surface area contributed by atoms with E-state index >= 15 is 0 Å². The summed E-state index contributed by atoms with van der Waals surface area (Å²) in [4.78, 5) is 0. The van der Waals surface area contributed by atoms with E-state index in [0.29, 0.717) is 19.8 Å². The van der Waals surface area contributed by atoms with E-state index < -0.39 is 9.53 Å². The maximum Gasteiger partial charge on any atom is 0.484 e. The molecule has 1 N–H and O–H groups in total. The molecule has 5 heteroatoms. The number of hydrogen-bond donors (Lipinski definition) is 1. The zero-order valence-corrected chi connectivity index (χ0v) is 13.0. The summed E-state index contributed by atoms with van der Waals surface area (Å²) in [6.07, 6.45) is 5.67. The minimum Gasteiger partial charge on any atom is -0.376 e. The minimum absolute atomic E-state index is 0.677. The zero-order chi connectivity index (χ0) is 12.9. The summed E-state index contributed by atoms with van der Waals surface area (Å²) in [5.74, 6) is 0. The van der Waals surface area contributed by atoms with Gasteiger partial charge in [0.05, 0.1) is 0 Å². The molecule has 1 aliphatic rings. The normalized spacial score (nSPS) is 16.1. The summed E-state index contributed by atoms with van der Waals surface area (Å²) in [6, 6.07) is 0.847. The fraction of sp³-hybridized carbons (Fsp3) is 1.00. The Balaban J connectivity index is 0.000000318. The molecule has 0 radical (unpaired) electrons. The van der Waals surface area contributed by atoms with E-state index in [1.54, 1.807) is 0 Å². The Morgan fingerprint density at radius 2 is 1.35 bits per heavy atom. The third-order valence-corrected chi connectivity index (χ3v) is 4.49. The van der Waals surface area contributed by atoms with Gasteiger partial charge in [-0.1, -0.05) is 12.8 Å². The molecule has 104 valence electrons. The molecule has 0 heterocycles. The van der Waals surface area contributed by atoms with Crippen LogP contribution in [0, 0.1) is 0 Å². The lowest BCUT2D eigenvalue weighted by Gasteiger charge is -2.12. The van der Waals surface area contributed by atoms with Crippen LogP contribution in [0.25, 0.3) is 0 Å². The predicted molar refractivity (Wildman–Crippen MR) is 73.3 cm³/mol. The van der Waals surface area contributed by atoms with Crippen molar-refractivity contribution < 1.29 is 13.3 Å². The van der Waals surface area contributed by atoms with E-state index in [-0.39, 0.29) is 0 Å². The molecule has 17 heavy (non-hydrogen) atoms. The summed E-state index contributed by atoms with van der Waals surface area (Å²) in [6.45, 7) is 7.86. The molecule has 1 aliphatic carbocycles. The van der Waals surface area contributed by atoms with Crippen molar-refractivity contribution in [2.24, 2.45) is 0 Å². The minimum atomic E-state index is -1.73. The molecule has 0 aromatic rings. The van der Waals surface area contributed by atoms with Crippen molar-refractivity contribution in [3.8, 4) is 0 Å². The van der Waals surface area contributed by atoms with Gasteiger partial charge in [0.25, 0.3) is 0 Å². The average Bonchev–Trinajstić information content (AvgIpc) is 2.84. The molecule has 0 aromatic carbocycles. The lowest BCUT2D eigenvalue weighted by Crippen LogP contribution is -2.27. The van der Waals surface area contributed by atoms with Crippen LogP contribution in [0.4, 0.5) is 0 Å². The average molecular weight is 263 g/mol. The van der Waals surface area contributed by atoms with Crippen LogP contribution in [0.5, 0.6) is 0 Å². The molecule has 1 saturated carbocycles. The third kappa shape index (κ3) is 9.73. The maximum atomic E-state index is 5.22. The maximum absolute atomic E-state index is 5.22. The van der Waals surface area contributed by atoms with E-state index in [2.05, 4.69) is 12.4 Å². The summed E-state index contributed by atoms with van der Waals surface area (Å²) in [5.41, 5.74) is 0. The molecule has 0 spiro atoms. The first-order chi connectivity index (χ1) is 8.28. The highest BCUT2D eigenvalue weighted by Crippen LogP contribution is 2.16. The van der Waals surface area contributed by atoms with Crippen molar-refractivity contribution in [2.45, 2.75) is 52.5 Å². The smallest absolute Gasteiger partial charge is 0.376 e. The van der Waals surface area contributed by atoms with Crippen molar-refractivity contribution in [1.82, 2.24) is 5.32 Å². The first-order valence-electron chi connectivity index (χ1n) is 6.80. The Morgan fingerprint density at radius 3 is 1.59 bits per heavy atom. The van der Waals surface area contributed by atoms with Gasteiger partial charge < -0.3 is 18.6 Å². The predicted octanol–water partition coefficient (Wildman–Crippen LogP) is 1.96. The summed E-state index contributed by atoms with van der Waals surface area (Å²) < 4.78 is 15.7. The Bertz CT molecular complexity index is 140. The van der Waals surface area contributed by atoms with E-state index in [9.17, 15) is 0 Å². The molecule has 0 amide bonds. The lowest BCUT2D eigenvalue weighted by molar-refractivity contribution is 0.107. The van der Waals surface area contributed by atoms with Gasteiger partial charge in [0.2, 0.25) is 0 Å². The second-order valence-electron chi connectivity index (χ2n) is 3.92. The van der Waals surface area contributed by atoms with Crippen LogP contribution in [0.3, 0.4) is 0 Å². The van der Waals surface area contributed by atoms with Crippen molar-refractivity contribution in [1.29, 1.82) is 0 Å². The van der Waals surface area contributed by atoms with Gasteiger partial charge in [-0.05, 0) is 40.7 Å². The van der Waals surface area contributed by atoms with Crippen molar-refractivity contribution in [3.63, 3.8) is 0 Å². The van der Waals surface area contributed by atoms with Crippen LogP contribution in [0.2, 0.25) is 0 Å². The first kappa shape index (κ1) is 17.1. The standard InChI is InChI=1S/C6H13N.C6H16O3Si/c1-7-6-4-2-3-5-6;1-4-7-10(8-5-2)9-6-3/h6-7H,2-5H2,1H3;10H,4-6H2,1-3H3. The molecule has 4 nitrogen and oxygen atoms in total. The van der Waals surface area contributed by atoms with Crippen molar-refractivity contribution in [3.05, 3.63) is 0 Å². The Kier molecular flexibility index (Phi) is 12.6. The van der Waals surface area contributed by atoms with Gasteiger partial charge in [0, 0.05) is 25.9 Å². The molecule has 0 atom stereocenters. The van der Waals surface area contributed by atoms with Gasteiger partial charge in [-0.2, -0.15) is 0 Å². The molecule has 0 bridgehead atoms. The lowest BCUT2D eigenvalue weighted by atomic mass is 10.3. The third-order valence-electron chi connectivity index (χ3n) is 2.67. The Hall–Kier alpha value is 0.0569. The SMILES string of the molecule is CCO[SiH](OCC)OCC.CNC1CCCC1. The molecule has 0 saturated heterocycles. The number of hydrogen-bond acceptors (Lipinski definition) is 4. The summed E-state index contributed by atoms with van der Waals surface area (Å²) in [7, 11) is 0.318. The van der Waals surface area contributed by atoms with Crippen LogP contribution in [-0.2, 0) is 13.3 Å². The largest absolute Gasteiger partial charge is 0.484 e. The fourth-order valence-electron chi connectivity index (χ4n) is 1.77. The topological polar surface area (TPSA) is 39.7 Å². The van der Waals surface area contributed by atoms with Crippen LogP contribution in [0.15, 0.2) is 0 Å². The highest BCUT2D eigenvalue weighted by molar-refractivity contribution is 6.36. The van der Waals surface area contributed by atoms with Gasteiger partial charge in [-0.3, -0.25) is 0 Å². The monoisotopic (exact) mass is 263 g/mol. The second-order valence-corrected chi connectivity index (χ2v) is 5.50. The van der Waals surface area contributed by atoms with Gasteiger partial charge in [0.1, 0.15) is 0 Å². The zero-order valence-electron chi connectivity index (χ0n) is 11.8. The quantitative estimate of drug-likeness (QED) is 0.713. The van der Waals surface area contributed by atoms with Gasteiger partial charge in [-0.25, -0.2) is 0 Å². The highest BCUT2D eigenvalue weighted by atomic mass is 28.3. The fourth-order valence-corrected chi connectivity index (χ4v) is 2.87. The van der Waals surface area contributed by atoms with Crippen molar-refractivity contribution in [2.75, 3.05) is 26.9 Å². The van der Waals surface area contributed by atoms with E-state index in [0.717, 1.165) is 6.04 Å². The summed E-state index contributed by atoms with van der Waals surface area (Å²) in [5, 5.41) is 3.26. The molecule has 0 aliphatic heterocycles. The Labute approximate surface area is 108 Å². The van der Waals surface area contributed by atoms with Gasteiger partial charge in [-0.15, -0.1) is 0 Å². The number of nitrogens with one attached hydrogen (secondary N) is 1. The van der Waals surface area contributed by atoms with E-state index in [1.807, 2.05) is 20.8 Å².